The first-order valence-corrected chi connectivity index (χ1v) is 3.69. The molecule has 2 aromatic rings. The van der Waals surface area contributed by atoms with Gasteiger partial charge in [0.2, 0.25) is 0 Å². The van der Waals surface area contributed by atoms with Gasteiger partial charge in [0.1, 0.15) is 0 Å². The molecule has 1 aromatic carbocycles. The van der Waals surface area contributed by atoms with Gasteiger partial charge in [-0.2, -0.15) is 13.9 Å². The van der Waals surface area contributed by atoms with Gasteiger partial charge in [-0.15, -0.1) is 0 Å². The van der Waals surface area contributed by atoms with Crippen LogP contribution in [0.2, 0.25) is 0 Å². The first-order chi connectivity index (χ1) is 6.16. The molecule has 0 fully saturated rings. The van der Waals surface area contributed by atoms with E-state index in [1.54, 1.807) is 18.2 Å². The maximum atomic E-state index is 12.2. The summed E-state index contributed by atoms with van der Waals surface area (Å²) >= 11 is 0. The van der Waals surface area contributed by atoms with E-state index in [0.717, 1.165) is 0 Å². The van der Waals surface area contributed by atoms with E-state index in [1.165, 1.54) is 6.20 Å². The van der Waals surface area contributed by atoms with Crippen LogP contribution in [0.15, 0.2) is 24.4 Å². The van der Waals surface area contributed by atoms with Gasteiger partial charge < -0.3 is 5.73 Å². The zero-order valence-electron chi connectivity index (χ0n) is 6.61. The highest BCUT2D eigenvalue weighted by atomic mass is 19.3. The van der Waals surface area contributed by atoms with E-state index >= 15 is 0 Å². The number of aromatic nitrogens is 2. The smallest absolute Gasteiger partial charge is 0.333 e. The summed E-state index contributed by atoms with van der Waals surface area (Å²) in [6.45, 7) is -2.60. The Morgan fingerprint density at radius 2 is 2.15 bits per heavy atom. The molecule has 2 N–H and O–H groups in total. The van der Waals surface area contributed by atoms with Crippen LogP contribution in [0.1, 0.15) is 6.55 Å². The average Bonchev–Trinajstić information content (AvgIpc) is 2.46. The van der Waals surface area contributed by atoms with Crippen molar-refractivity contribution in [2.24, 2.45) is 0 Å². The lowest BCUT2D eigenvalue weighted by atomic mass is 10.2. The number of halogens is 2. The minimum Gasteiger partial charge on any atom is -0.399 e. The van der Waals surface area contributed by atoms with Crippen LogP contribution in [0, 0.1) is 0 Å². The van der Waals surface area contributed by atoms with Crippen LogP contribution in [0.25, 0.3) is 10.9 Å². The molecule has 0 aliphatic rings. The maximum absolute atomic E-state index is 12.2. The van der Waals surface area contributed by atoms with Gasteiger partial charge in [0, 0.05) is 17.3 Å². The number of hydrogen-bond acceptors (Lipinski definition) is 2. The van der Waals surface area contributed by atoms with Crippen LogP contribution < -0.4 is 5.73 Å². The van der Waals surface area contributed by atoms with Crippen LogP contribution in [-0.4, -0.2) is 9.78 Å². The number of rotatable bonds is 1. The second kappa shape index (κ2) is 2.69. The summed E-state index contributed by atoms with van der Waals surface area (Å²) in [6, 6.07) is 4.86. The van der Waals surface area contributed by atoms with E-state index in [9.17, 15) is 8.78 Å². The number of anilines is 1. The minimum atomic E-state index is -2.60. The molecular formula is C8H7F2N3. The second-order valence-corrected chi connectivity index (χ2v) is 2.71. The summed E-state index contributed by atoms with van der Waals surface area (Å²) in [4.78, 5) is 0. The molecule has 2 rings (SSSR count). The fraction of sp³-hybridized carbons (Fsp3) is 0.125. The molecule has 0 saturated heterocycles. The Hall–Kier alpha value is -1.65. The van der Waals surface area contributed by atoms with Crippen LogP contribution in [0.5, 0.6) is 0 Å². The molecule has 0 bridgehead atoms. The third kappa shape index (κ3) is 1.32. The average molecular weight is 183 g/mol. The van der Waals surface area contributed by atoms with Crippen LogP contribution in [-0.2, 0) is 0 Å². The molecule has 1 heterocycles. The topological polar surface area (TPSA) is 43.8 Å². The van der Waals surface area contributed by atoms with Gasteiger partial charge >= 0.3 is 6.55 Å². The van der Waals surface area contributed by atoms with Crippen molar-refractivity contribution >= 4 is 16.6 Å². The lowest BCUT2D eigenvalue weighted by Crippen LogP contribution is -1.96. The largest absolute Gasteiger partial charge is 0.399 e. The van der Waals surface area contributed by atoms with Gasteiger partial charge in [-0.1, -0.05) is 0 Å². The Labute approximate surface area is 72.8 Å². The van der Waals surface area contributed by atoms with Crippen molar-refractivity contribution in [1.82, 2.24) is 9.78 Å². The first-order valence-electron chi connectivity index (χ1n) is 3.69. The van der Waals surface area contributed by atoms with Crippen molar-refractivity contribution < 1.29 is 8.78 Å². The number of nitrogen functional groups attached to an aromatic ring is 1. The predicted molar refractivity (Wildman–Crippen MR) is 45.4 cm³/mol. The Morgan fingerprint density at radius 1 is 1.38 bits per heavy atom. The number of hydrogen-bond donors (Lipinski definition) is 1. The first kappa shape index (κ1) is 7.97. The van der Waals surface area contributed by atoms with E-state index in [4.69, 9.17) is 5.73 Å². The normalized spacial score (nSPS) is 11.3. The van der Waals surface area contributed by atoms with Crippen molar-refractivity contribution in [3.63, 3.8) is 0 Å². The van der Waals surface area contributed by atoms with Gasteiger partial charge in [0.15, 0.2) is 0 Å². The fourth-order valence-corrected chi connectivity index (χ4v) is 1.16. The molecular weight excluding hydrogens is 176 g/mol. The Kier molecular flexibility index (Phi) is 1.65. The Balaban J connectivity index is 2.62. The van der Waals surface area contributed by atoms with Gasteiger partial charge in [-0.25, -0.2) is 4.68 Å². The molecule has 1 aromatic heterocycles. The van der Waals surface area contributed by atoms with E-state index in [-0.39, 0.29) is 0 Å². The zero-order chi connectivity index (χ0) is 9.42. The third-order valence-electron chi connectivity index (χ3n) is 1.75. The summed E-state index contributed by atoms with van der Waals surface area (Å²) in [5, 5.41) is 4.29. The van der Waals surface area contributed by atoms with Crippen molar-refractivity contribution in [2.45, 2.75) is 6.55 Å². The second-order valence-electron chi connectivity index (χ2n) is 2.71. The van der Waals surface area contributed by atoms with E-state index in [0.29, 0.717) is 21.3 Å². The minimum absolute atomic E-state index is 0.523. The molecule has 0 radical (unpaired) electrons. The lowest BCUT2D eigenvalue weighted by Gasteiger charge is -1.94. The number of fused-ring (bicyclic) bond motifs is 1. The molecule has 0 aliphatic heterocycles. The molecule has 0 spiro atoms. The monoisotopic (exact) mass is 183 g/mol. The van der Waals surface area contributed by atoms with Gasteiger partial charge in [0.25, 0.3) is 0 Å². The van der Waals surface area contributed by atoms with Crippen LogP contribution in [0.3, 0.4) is 0 Å². The Bertz CT molecular complexity index is 436. The summed E-state index contributed by atoms with van der Waals surface area (Å²) in [6.07, 6.45) is 1.27. The Morgan fingerprint density at radius 3 is 2.85 bits per heavy atom. The van der Waals surface area contributed by atoms with E-state index in [2.05, 4.69) is 5.10 Å². The standard InChI is InChI=1S/C8H7F2N3/c9-8(10)13-4-5-3-6(11)1-2-7(5)12-13/h1-4,8H,11H2. The zero-order valence-corrected chi connectivity index (χ0v) is 6.61. The summed E-state index contributed by atoms with van der Waals surface area (Å²) in [7, 11) is 0. The molecule has 13 heavy (non-hydrogen) atoms. The van der Waals surface area contributed by atoms with Crippen LogP contribution >= 0.6 is 0 Å². The van der Waals surface area contributed by atoms with Crippen LogP contribution in [0.4, 0.5) is 14.5 Å². The SMILES string of the molecule is Nc1ccc2nn(C(F)F)cc2c1. The fourth-order valence-electron chi connectivity index (χ4n) is 1.16. The third-order valence-corrected chi connectivity index (χ3v) is 1.75. The van der Waals surface area contributed by atoms with Crippen molar-refractivity contribution in [3.05, 3.63) is 24.4 Å². The highest BCUT2D eigenvalue weighted by molar-refractivity contribution is 5.81. The van der Waals surface area contributed by atoms with Gasteiger partial charge in [-0.05, 0) is 18.2 Å². The molecule has 0 aliphatic carbocycles. The molecule has 0 unspecified atom stereocenters. The molecule has 0 amide bonds. The predicted octanol–water partition coefficient (Wildman–Crippen LogP) is 2.01. The number of alkyl halides is 2. The van der Waals surface area contributed by atoms with E-state index < -0.39 is 6.55 Å². The highest BCUT2D eigenvalue weighted by Crippen LogP contribution is 2.18. The molecule has 68 valence electrons. The van der Waals surface area contributed by atoms with Crippen molar-refractivity contribution in [1.29, 1.82) is 0 Å². The summed E-state index contributed by atoms with van der Waals surface area (Å²) in [5.74, 6) is 0. The summed E-state index contributed by atoms with van der Waals surface area (Å²) < 4.78 is 25.0. The molecule has 3 nitrogen and oxygen atoms in total. The molecule has 5 heteroatoms. The molecule has 0 atom stereocenters. The summed E-state index contributed by atoms with van der Waals surface area (Å²) in [5.41, 5.74) is 6.55. The maximum Gasteiger partial charge on any atom is 0.333 e. The lowest BCUT2D eigenvalue weighted by molar-refractivity contribution is 0.0574. The number of nitrogens with zero attached hydrogens (tertiary/aromatic N) is 2. The van der Waals surface area contributed by atoms with Crippen molar-refractivity contribution in [3.8, 4) is 0 Å². The van der Waals surface area contributed by atoms with Crippen molar-refractivity contribution in [2.75, 3.05) is 5.73 Å². The van der Waals surface area contributed by atoms with E-state index in [1.807, 2.05) is 0 Å². The highest BCUT2D eigenvalue weighted by Gasteiger charge is 2.07. The van der Waals surface area contributed by atoms with Gasteiger partial charge in [0.05, 0.1) is 5.52 Å². The number of benzene rings is 1. The number of nitrogens with two attached hydrogens (primary N) is 1. The molecule has 0 saturated carbocycles. The van der Waals surface area contributed by atoms with Gasteiger partial charge in [-0.3, -0.25) is 0 Å². The quantitative estimate of drug-likeness (QED) is 0.687.